The molecule has 232 valence electrons. The van der Waals surface area contributed by atoms with Gasteiger partial charge in [-0.15, -0.1) is 10.2 Å². The fourth-order valence-corrected chi connectivity index (χ4v) is 5.91. The number of nitrogen functional groups attached to an aromatic ring is 1. The molecule has 0 atom stereocenters. The second kappa shape index (κ2) is 17.9. The van der Waals surface area contributed by atoms with Gasteiger partial charge in [0.05, 0.1) is 37.4 Å². The summed E-state index contributed by atoms with van der Waals surface area (Å²) < 4.78 is 137. The first-order valence-electron chi connectivity index (χ1n) is 11.2. The minimum Gasteiger partial charge on any atom is -0.870 e. The van der Waals surface area contributed by atoms with Crippen molar-refractivity contribution in [3.63, 3.8) is 0 Å². The minimum absolute atomic E-state index is 0. The largest absolute Gasteiger partial charge is 1.00 e. The molecule has 0 aliphatic heterocycles. The van der Waals surface area contributed by atoms with Crippen molar-refractivity contribution in [2.45, 2.75) is 19.6 Å². The number of rotatable bonds is 8. The Morgan fingerprint density at radius 2 is 0.938 bits per heavy atom. The molecule has 0 aromatic heterocycles. The molecule has 0 saturated carbocycles. The molecule has 4 rings (SSSR count). The van der Waals surface area contributed by atoms with E-state index in [0.717, 1.165) is 48.5 Å². The van der Waals surface area contributed by atoms with E-state index in [2.05, 4.69) is 20.5 Å². The van der Waals surface area contributed by atoms with E-state index in [9.17, 15) is 57.0 Å². The van der Waals surface area contributed by atoms with Crippen molar-refractivity contribution in [3.8, 4) is 5.75 Å². The molecule has 4 aromatic rings. The van der Waals surface area contributed by atoms with Crippen molar-refractivity contribution in [2.75, 3.05) is 5.73 Å². The number of hydrogen-bond acceptors (Lipinski definition) is 17. The average Bonchev–Trinajstić information content (AvgIpc) is 2.90. The summed E-state index contributed by atoms with van der Waals surface area (Å²) in [5, 5.41) is 26.6. The maximum atomic E-state index is 13.4. The molecule has 0 fully saturated rings. The van der Waals surface area contributed by atoms with Crippen LogP contribution in [-0.4, -0.2) is 51.9 Å². The Balaban J connectivity index is 0.00000552. The summed E-state index contributed by atoms with van der Waals surface area (Å²) >= 11 is 0. The number of hydrogen-bond donors (Lipinski definition) is 2. The summed E-state index contributed by atoms with van der Waals surface area (Å²) in [4.78, 5) is -3.58. The van der Waals surface area contributed by atoms with Gasteiger partial charge in [-0.2, -0.15) is 18.6 Å². The van der Waals surface area contributed by atoms with Gasteiger partial charge in [-0.25, -0.2) is 25.3 Å². The van der Waals surface area contributed by atoms with E-state index >= 15 is 0 Å². The van der Waals surface area contributed by atoms with Crippen molar-refractivity contribution in [2.24, 2.45) is 20.5 Å². The fraction of sp³-hybridized carbons (Fsp3) is 0. The van der Waals surface area contributed by atoms with Gasteiger partial charge in [0, 0.05) is 5.39 Å². The van der Waals surface area contributed by atoms with E-state index in [1.54, 1.807) is 0 Å². The predicted molar refractivity (Wildman–Crippen MR) is 143 cm³/mol. The normalized spacial score (nSPS) is 12.2. The first kappa shape index (κ1) is 47.6. The van der Waals surface area contributed by atoms with Gasteiger partial charge in [0.15, 0.2) is 0 Å². The fourth-order valence-electron chi connectivity index (χ4n) is 3.65. The topological polar surface area (TPSA) is 324 Å². The molecule has 18 nitrogen and oxygen atoms in total. The number of fused-ring (bicyclic) bond motifs is 1. The summed E-state index contributed by atoms with van der Waals surface area (Å²) in [5.41, 5.74) is 2.97. The molecule has 4 aromatic carbocycles. The zero-order valence-corrected chi connectivity index (χ0v) is 36.4. The van der Waals surface area contributed by atoms with Crippen LogP contribution in [0.3, 0.4) is 0 Å². The van der Waals surface area contributed by atoms with Gasteiger partial charge in [-0.05, 0) is 66.0 Å². The molecule has 26 heteroatoms. The Hall–Kier alpha value is -0.420. The van der Waals surface area contributed by atoms with Crippen LogP contribution in [0.25, 0.3) is 10.8 Å². The van der Waals surface area contributed by atoms with E-state index in [0.29, 0.717) is 12.1 Å². The molecule has 0 aliphatic carbocycles. The molecule has 3 N–H and O–H groups in total. The van der Waals surface area contributed by atoms with Crippen molar-refractivity contribution in [1.29, 1.82) is 0 Å². The van der Waals surface area contributed by atoms with Crippen LogP contribution < -0.4 is 129 Å². The second-order valence-electron chi connectivity index (χ2n) is 8.51. The van der Waals surface area contributed by atoms with Gasteiger partial charge in [0.25, 0.3) is 10.1 Å². The molecule has 0 heterocycles. The summed E-state index contributed by atoms with van der Waals surface area (Å²) in [5.74, 6) is -1.34. The van der Waals surface area contributed by atoms with E-state index in [1.165, 1.54) is 0 Å². The molecule has 0 saturated heterocycles. The van der Waals surface area contributed by atoms with Crippen LogP contribution >= 0.6 is 0 Å². The summed E-state index contributed by atoms with van der Waals surface area (Å²) in [6.07, 6.45) is 0. The second-order valence-corrected chi connectivity index (χ2v) is 14.0. The summed E-state index contributed by atoms with van der Waals surface area (Å²) in [7, 11) is -20.3. The van der Waals surface area contributed by atoms with Gasteiger partial charge in [-0.3, -0.25) is 4.55 Å². The molecule has 0 amide bonds. The number of azo groups is 2. The Bertz CT molecular complexity index is 2180. The Kier molecular flexibility index (Phi) is 17.7. The number of nitrogens with zero attached hydrogens (tertiary/aromatic N) is 4. The van der Waals surface area contributed by atoms with Crippen LogP contribution in [0.15, 0.2) is 101 Å². The van der Waals surface area contributed by atoms with Crippen LogP contribution in [0.4, 0.5) is 28.4 Å². The summed E-state index contributed by atoms with van der Waals surface area (Å²) in [6.45, 7) is 0. The average molecular weight is 776 g/mol. The van der Waals surface area contributed by atoms with E-state index in [-0.39, 0.29) is 130 Å². The molecular weight excluding hydrogens is 762 g/mol. The molecule has 0 radical (unpaired) electrons. The Labute approximate surface area is 361 Å². The molecular formula is C22H13N5Na4O13S4. The molecule has 0 unspecified atom stereocenters. The van der Waals surface area contributed by atoms with E-state index in [4.69, 9.17) is 5.73 Å². The third-order valence-corrected chi connectivity index (χ3v) is 9.04. The number of benzene rings is 4. The zero-order chi connectivity index (χ0) is 32.8. The van der Waals surface area contributed by atoms with E-state index in [1.807, 2.05) is 0 Å². The van der Waals surface area contributed by atoms with Gasteiger partial charge >= 0.3 is 118 Å². The van der Waals surface area contributed by atoms with Crippen LogP contribution in [0, 0.1) is 0 Å². The first-order chi connectivity index (χ1) is 20.2. The molecule has 0 aliphatic rings. The first-order valence-corrected chi connectivity index (χ1v) is 16.8. The predicted octanol–water partition coefficient (Wildman–Crippen LogP) is -9.70. The van der Waals surface area contributed by atoms with Gasteiger partial charge in [0.1, 0.15) is 40.9 Å². The molecule has 0 bridgehead atoms. The van der Waals surface area contributed by atoms with Crippen molar-refractivity contribution in [1.82, 2.24) is 0 Å². The third-order valence-electron chi connectivity index (χ3n) is 5.62. The Morgan fingerprint density at radius 3 is 1.29 bits per heavy atom. The van der Waals surface area contributed by atoms with Crippen molar-refractivity contribution >= 4 is 79.7 Å². The number of anilines is 1. The Morgan fingerprint density at radius 1 is 0.562 bits per heavy atom. The smallest absolute Gasteiger partial charge is 0.870 e. The SMILES string of the molecule is Nc1c(N=Nc2ccc(S(=O)(=O)[O-])cc2)c(S(=O)(=O)[O-])cc2cc(S(=O)(=O)O)c(N=Nc3ccc(S(=O)(=O)[O-])cc3)c([O-])c12.[Na+].[Na+].[Na+].[Na+]. The van der Waals surface area contributed by atoms with Crippen molar-refractivity contribution < 1.29 is 175 Å². The van der Waals surface area contributed by atoms with Crippen LogP contribution in [0.2, 0.25) is 0 Å². The minimum atomic E-state index is -5.43. The number of nitrogens with two attached hydrogens (primary N) is 1. The van der Waals surface area contributed by atoms with Crippen LogP contribution in [0.1, 0.15) is 0 Å². The monoisotopic (exact) mass is 775 g/mol. The summed E-state index contributed by atoms with van der Waals surface area (Å²) in [6, 6.07) is 8.56. The van der Waals surface area contributed by atoms with Gasteiger partial charge < -0.3 is 24.5 Å². The molecule has 48 heavy (non-hydrogen) atoms. The van der Waals surface area contributed by atoms with Crippen LogP contribution in [0.5, 0.6) is 5.75 Å². The maximum absolute atomic E-state index is 13.4. The van der Waals surface area contributed by atoms with E-state index < -0.39 is 93.6 Å². The van der Waals surface area contributed by atoms with Crippen LogP contribution in [-0.2, 0) is 40.5 Å². The standard InChI is InChI=1S/C22H17N5O13S4.4Na/c23-19-18-11(9-16(43(35,36)37)20(19)26-24-12-1-5-14(6-2-12)41(29,30)31)10-17(44(38,39)40)21(22(18)28)27-25-13-3-7-15(8-4-13)42(32,33)34;;;;/h1-10,28H,23H2,(H,29,30,31)(H,32,33,34)(H,35,36,37)(H,38,39,40);;;;/q;4*+1/p-4. The quantitative estimate of drug-likeness (QED) is 0.0727. The molecule has 0 spiro atoms. The zero-order valence-electron chi connectivity index (χ0n) is 25.1. The maximum Gasteiger partial charge on any atom is 1.00 e. The van der Waals surface area contributed by atoms with Crippen molar-refractivity contribution in [3.05, 3.63) is 60.7 Å². The third kappa shape index (κ3) is 11.3. The van der Waals surface area contributed by atoms with Gasteiger partial charge in [-0.1, -0.05) is 5.75 Å². The van der Waals surface area contributed by atoms with Gasteiger partial charge in [0.2, 0.25) is 0 Å².